The Hall–Kier alpha value is -4.74. The highest BCUT2D eigenvalue weighted by Gasteiger charge is 2.33. The normalized spacial score (nSPS) is 11.1. The Morgan fingerprint density at radius 3 is 2.19 bits per heavy atom. The van der Waals surface area contributed by atoms with Gasteiger partial charge in [0, 0.05) is 5.69 Å². The number of alkyl halides is 3. The van der Waals surface area contributed by atoms with E-state index < -0.39 is 41.9 Å². The van der Waals surface area contributed by atoms with E-state index in [2.05, 4.69) is 15.7 Å². The predicted molar refractivity (Wildman–Crippen MR) is 123 cm³/mol. The second-order valence-corrected chi connectivity index (χ2v) is 7.11. The molecule has 0 bridgehead atoms. The lowest BCUT2D eigenvalue weighted by Gasteiger charge is -2.13. The Morgan fingerprint density at radius 1 is 0.861 bits per heavy atom. The SMILES string of the molecule is O=C(COc1ccc(/C=N\NC(=O)C(=O)Nc2ccc(F)cc2)cc1)Nc1ccccc1C(F)(F)F. The first-order valence-electron chi connectivity index (χ1n) is 10.2. The lowest BCUT2D eigenvalue weighted by Crippen LogP contribution is -2.32. The molecular weight excluding hydrogens is 484 g/mol. The maximum Gasteiger partial charge on any atom is 0.418 e. The van der Waals surface area contributed by atoms with Gasteiger partial charge in [0.15, 0.2) is 6.61 Å². The van der Waals surface area contributed by atoms with Crippen molar-refractivity contribution in [3.63, 3.8) is 0 Å². The number of carbonyl (C=O) groups excluding carboxylic acids is 3. The summed E-state index contributed by atoms with van der Waals surface area (Å²) < 4.78 is 57.2. The molecule has 3 aromatic rings. The number of nitrogens with one attached hydrogen (secondary N) is 3. The first kappa shape index (κ1) is 25.9. The molecule has 0 aromatic heterocycles. The topological polar surface area (TPSA) is 109 Å². The zero-order chi connectivity index (χ0) is 26.1. The van der Waals surface area contributed by atoms with Crippen LogP contribution in [0.3, 0.4) is 0 Å². The number of hydrazone groups is 1. The van der Waals surface area contributed by atoms with E-state index in [0.29, 0.717) is 5.56 Å². The number of nitrogens with zero attached hydrogens (tertiary/aromatic N) is 1. The summed E-state index contributed by atoms with van der Waals surface area (Å²) in [7, 11) is 0. The number of hydrogen-bond donors (Lipinski definition) is 3. The fraction of sp³-hybridized carbons (Fsp3) is 0.0833. The van der Waals surface area contributed by atoms with Gasteiger partial charge in [0.1, 0.15) is 11.6 Å². The summed E-state index contributed by atoms with van der Waals surface area (Å²) in [5, 5.41) is 8.10. The maximum atomic E-state index is 13.0. The second kappa shape index (κ2) is 11.6. The number of hydrogen-bond acceptors (Lipinski definition) is 5. The van der Waals surface area contributed by atoms with Gasteiger partial charge in [0.25, 0.3) is 5.91 Å². The van der Waals surface area contributed by atoms with E-state index in [1.807, 2.05) is 5.43 Å². The molecule has 36 heavy (non-hydrogen) atoms. The van der Waals surface area contributed by atoms with Crippen molar-refractivity contribution in [1.29, 1.82) is 0 Å². The van der Waals surface area contributed by atoms with Crippen molar-refractivity contribution < 1.29 is 36.7 Å². The maximum absolute atomic E-state index is 13.0. The van der Waals surface area contributed by atoms with Crippen LogP contribution in [0.5, 0.6) is 5.75 Å². The number of carbonyl (C=O) groups is 3. The Bertz CT molecular complexity index is 1260. The number of anilines is 2. The van der Waals surface area contributed by atoms with Crippen molar-refractivity contribution >= 4 is 35.3 Å². The Kier molecular flexibility index (Phi) is 8.34. The predicted octanol–water partition coefficient (Wildman–Crippen LogP) is 3.95. The molecule has 0 atom stereocenters. The van der Waals surface area contributed by atoms with Crippen molar-refractivity contribution in [2.45, 2.75) is 6.18 Å². The average molecular weight is 502 g/mol. The fourth-order valence-corrected chi connectivity index (χ4v) is 2.76. The highest BCUT2D eigenvalue weighted by atomic mass is 19.4. The van der Waals surface area contributed by atoms with Gasteiger partial charge in [-0.3, -0.25) is 14.4 Å². The number of rotatable bonds is 7. The van der Waals surface area contributed by atoms with Crippen molar-refractivity contribution in [3.05, 3.63) is 89.7 Å². The molecule has 0 heterocycles. The summed E-state index contributed by atoms with van der Waals surface area (Å²) in [4.78, 5) is 35.6. The smallest absolute Gasteiger partial charge is 0.418 e. The molecule has 0 spiro atoms. The van der Waals surface area contributed by atoms with Crippen LogP contribution in [-0.4, -0.2) is 30.5 Å². The summed E-state index contributed by atoms with van der Waals surface area (Å²) >= 11 is 0. The minimum atomic E-state index is -4.62. The zero-order valence-electron chi connectivity index (χ0n) is 18.3. The van der Waals surface area contributed by atoms with Crippen LogP contribution in [0.25, 0.3) is 0 Å². The molecule has 12 heteroatoms. The van der Waals surface area contributed by atoms with Crippen LogP contribution in [0.15, 0.2) is 77.9 Å². The lowest BCUT2D eigenvalue weighted by atomic mass is 10.1. The summed E-state index contributed by atoms with van der Waals surface area (Å²) in [6, 6.07) is 15.4. The van der Waals surface area contributed by atoms with Gasteiger partial charge in [-0.2, -0.15) is 18.3 Å². The van der Waals surface area contributed by atoms with E-state index >= 15 is 0 Å². The Balaban J connectivity index is 1.46. The molecule has 8 nitrogen and oxygen atoms in total. The lowest BCUT2D eigenvalue weighted by molar-refractivity contribution is -0.137. The van der Waals surface area contributed by atoms with E-state index in [1.165, 1.54) is 54.7 Å². The third-order valence-corrected chi connectivity index (χ3v) is 4.44. The van der Waals surface area contributed by atoms with Crippen LogP contribution >= 0.6 is 0 Å². The molecule has 186 valence electrons. The van der Waals surface area contributed by atoms with Gasteiger partial charge < -0.3 is 15.4 Å². The van der Waals surface area contributed by atoms with Crippen LogP contribution in [0.1, 0.15) is 11.1 Å². The molecule has 0 unspecified atom stereocenters. The molecular formula is C24H18F4N4O4. The summed E-state index contributed by atoms with van der Waals surface area (Å²) in [5.74, 6) is -3.06. The van der Waals surface area contributed by atoms with Crippen LogP contribution in [-0.2, 0) is 20.6 Å². The van der Waals surface area contributed by atoms with Gasteiger partial charge in [0.05, 0.1) is 17.5 Å². The number of ether oxygens (including phenoxy) is 1. The summed E-state index contributed by atoms with van der Waals surface area (Å²) in [6.07, 6.45) is -3.37. The molecule has 0 radical (unpaired) electrons. The molecule has 0 aliphatic heterocycles. The monoisotopic (exact) mass is 502 g/mol. The third-order valence-electron chi connectivity index (χ3n) is 4.44. The van der Waals surface area contributed by atoms with Crippen LogP contribution in [0.4, 0.5) is 28.9 Å². The van der Waals surface area contributed by atoms with Crippen LogP contribution in [0.2, 0.25) is 0 Å². The van der Waals surface area contributed by atoms with E-state index in [-0.39, 0.29) is 17.1 Å². The Labute approximate surface area is 202 Å². The number of para-hydroxylation sites is 1. The largest absolute Gasteiger partial charge is 0.484 e. The number of benzene rings is 3. The van der Waals surface area contributed by atoms with Crippen molar-refractivity contribution in [2.24, 2.45) is 5.10 Å². The standard InChI is InChI=1S/C24H18F4N4O4/c25-16-7-9-17(10-8-16)30-22(34)23(35)32-29-13-15-5-11-18(12-6-15)36-14-21(33)31-20-4-2-1-3-19(20)24(26,27)28/h1-13H,14H2,(H,30,34)(H,31,33)(H,32,35)/b29-13-. The fourth-order valence-electron chi connectivity index (χ4n) is 2.76. The number of halogens is 4. The third kappa shape index (κ3) is 7.65. The molecule has 0 aliphatic rings. The number of amides is 3. The van der Waals surface area contributed by atoms with E-state index in [0.717, 1.165) is 24.3 Å². The zero-order valence-corrected chi connectivity index (χ0v) is 18.3. The minimum absolute atomic E-state index is 0.231. The highest BCUT2D eigenvalue weighted by molar-refractivity contribution is 6.39. The van der Waals surface area contributed by atoms with Crippen LogP contribution < -0.4 is 20.8 Å². The van der Waals surface area contributed by atoms with Crippen LogP contribution in [0, 0.1) is 5.82 Å². The first-order valence-corrected chi connectivity index (χ1v) is 10.2. The first-order chi connectivity index (χ1) is 17.1. The molecule has 0 fully saturated rings. The minimum Gasteiger partial charge on any atom is -0.484 e. The van der Waals surface area contributed by atoms with Gasteiger partial charge in [-0.25, -0.2) is 9.82 Å². The highest BCUT2D eigenvalue weighted by Crippen LogP contribution is 2.34. The van der Waals surface area contributed by atoms with Gasteiger partial charge in [-0.1, -0.05) is 12.1 Å². The van der Waals surface area contributed by atoms with Crippen molar-refractivity contribution in [1.82, 2.24) is 5.43 Å². The Morgan fingerprint density at radius 2 is 1.53 bits per heavy atom. The van der Waals surface area contributed by atoms with Crippen molar-refractivity contribution in [2.75, 3.05) is 17.2 Å². The summed E-state index contributed by atoms with van der Waals surface area (Å²) in [6.45, 7) is -0.529. The van der Waals surface area contributed by atoms with E-state index in [1.54, 1.807) is 0 Å². The average Bonchev–Trinajstić information content (AvgIpc) is 2.84. The second-order valence-electron chi connectivity index (χ2n) is 7.11. The molecule has 3 aromatic carbocycles. The molecule has 3 rings (SSSR count). The molecule has 3 N–H and O–H groups in total. The van der Waals surface area contributed by atoms with Crippen molar-refractivity contribution in [3.8, 4) is 5.75 Å². The van der Waals surface area contributed by atoms with E-state index in [9.17, 15) is 31.9 Å². The molecule has 0 saturated heterocycles. The van der Waals surface area contributed by atoms with Gasteiger partial charge in [-0.05, 0) is 66.2 Å². The van der Waals surface area contributed by atoms with Gasteiger partial charge in [0.2, 0.25) is 0 Å². The molecule has 0 saturated carbocycles. The molecule has 3 amide bonds. The van der Waals surface area contributed by atoms with Gasteiger partial charge in [-0.15, -0.1) is 0 Å². The van der Waals surface area contributed by atoms with Gasteiger partial charge >= 0.3 is 18.0 Å². The summed E-state index contributed by atoms with van der Waals surface area (Å²) in [5.41, 5.74) is 1.42. The molecule has 0 aliphatic carbocycles. The van der Waals surface area contributed by atoms with E-state index in [4.69, 9.17) is 4.74 Å². The quantitative estimate of drug-likeness (QED) is 0.197.